The third-order valence-corrected chi connectivity index (χ3v) is 12.0. The van der Waals surface area contributed by atoms with E-state index < -0.39 is 74.1 Å². The zero-order chi connectivity index (χ0) is 41.2. The summed E-state index contributed by atoms with van der Waals surface area (Å²) < 4.78 is 70.2. The monoisotopic (exact) mass is 843 g/mol. The van der Waals surface area contributed by atoms with E-state index in [1.54, 1.807) is 55.4 Å². The van der Waals surface area contributed by atoms with Gasteiger partial charge in [0.05, 0.1) is 44.6 Å². The first-order valence-electron chi connectivity index (χ1n) is 19.0. The van der Waals surface area contributed by atoms with Crippen LogP contribution in [0.2, 0.25) is 5.28 Å². The zero-order valence-electron chi connectivity index (χ0n) is 33.3. The number of hydrogen-bond donors (Lipinski definition) is 1. The quantitative estimate of drug-likeness (QED) is 0.109. The van der Waals surface area contributed by atoms with Crippen molar-refractivity contribution >= 4 is 48.1 Å². The number of tetrazole rings is 1. The molecule has 0 spiro atoms. The molecule has 3 aromatic rings. The van der Waals surface area contributed by atoms with E-state index in [1.807, 2.05) is 0 Å². The molecular formula is C34H51ClN9O12P. The molecule has 23 heteroatoms. The van der Waals surface area contributed by atoms with Gasteiger partial charge in [-0.2, -0.15) is 20.3 Å². The number of amides is 1. The van der Waals surface area contributed by atoms with Crippen molar-refractivity contribution in [2.45, 2.75) is 135 Å². The predicted octanol–water partition coefficient (Wildman–Crippen LogP) is 4.85. The zero-order valence-corrected chi connectivity index (χ0v) is 35.0. The highest BCUT2D eigenvalue weighted by atomic mass is 35.5. The van der Waals surface area contributed by atoms with Gasteiger partial charge in [-0.05, 0) is 79.8 Å². The number of H-pyrrole nitrogens is 1. The van der Waals surface area contributed by atoms with Crippen LogP contribution in [-0.2, 0) is 58.2 Å². The van der Waals surface area contributed by atoms with Crippen LogP contribution in [0.5, 0.6) is 0 Å². The van der Waals surface area contributed by atoms with Crippen LogP contribution in [0.3, 0.4) is 0 Å². The van der Waals surface area contributed by atoms with Crippen LogP contribution in [0.1, 0.15) is 93.1 Å². The van der Waals surface area contributed by atoms with Gasteiger partial charge in [0.1, 0.15) is 30.5 Å². The molecule has 0 bridgehead atoms. The summed E-state index contributed by atoms with van der Waals surface area (Å²) in [5.74, 6) is -1.73. The summed E-state index contributed by atoms with van der Waals surface area (Å²) in [6.07, 6.45) is 0.762. The number of hydrogen-bond acceptors (Lipinski definition) is 18. The lowest BCUT2D eigenvalue weighted by Crippen LogP contribution is -2.50. The first-order chi connectivity index (χ1) is 27.0. The van der Waals surface area contributed by atoms with Gasteiger partial charge < -0.3 is 42.2 Å². The van der Waals surface area contributed by atoms with Crippen molar-refractivity contribution in [2.24, 2.45) is 0 Å². The molecule has 3 aromatic heterocycles. The second-order valence-electron chi connectivity index (χ2n) is 15.0. The summed E-state index contributed by atoms with van der Waals surface area (Å²) >= 11 is 6.58. The highest BCUT2D eigenvalue weighted by molar-refractivity contribution is 7.56. The maximum atomic E-state index is 14.6. The Morgan fingerprint density at radius 3 is 2.40 bits per heavy atom. The molecule has 1 unspecified atom stereocenters. The number of nitrogens with one attached hydrogen (secondary N) is 1. The number of aromatic amines is 1. The molecule has 1 saturated carbocycles. The van der Waals surface area contributed by atoms with Gasteiger partial charge in [0.15, 0.2) is 29.3 Å². The number of carbonyl (C=O) groups is 2. The van der Waals surface area contributed by atoms with E-state index in [9.17, 15) is 14.2 Å². The number of anilines is 1. The number of esters is 1. The molecule has 0 aromatic carbocycles. The Balaban J connectivity index is 1.36. The molecule has 3 aliphatic rings. The minimum atomic E-state index is -4.52. The Morgan fingerprint density at radius 1 is 1.07 bits per heavy atom. The Morgan fingerprint density at radius 2 is 1.77 bits per heavy atom. The summed E-state index contributed by atoms with van der Waals surface area (Å²) in [4.78, 5) is 38.3. The summed E-state index contributed by atoms with van der Waals surface area (Å²) in [5, 5.41) is 16.1. The van der Waals surface area contributed by atoms with Crippen LogP contribution in [0, 0.1) is 0 Å². The second-order valence-corrected chi connectivity index (χ2v) is 17.6. The largest absolute Gasteiger partial charge is 0.463 e. The number of fused-ring (bicyclic) bond motifs is 2. The molecule has 0 radical (unpaired) electrons. The van der Waals surface area contributed by atoms with Crippen LogP contribution < -0.4 is 4.90 Å². The van der Waals surface area contributed by atoms with Crippen molar-refractivity contribution in [3.05, 3.63) is 17.3 Å². The predicted molar refractivity (Wildman–Crippen MR) is 199 cm³/mol. The third kappa shape index (κ3) is 9.11. The molecule has 2 aliphatic heterocycles. The fraction of sp³-hybridized carbons (Fsp3) is 0.765. The summed E-state index contributed by atoms with van der Waals surface area (Å²) in [6.45, 7) is 12.1. The molecule has 57 heavy (non-hydrogen) atoms. The van der Waals surface area contributed by atoms with Gasteiger partial charge in [0.2, 0.25) is 5.28 Å². The minimum Gasteiger partial charge on any atom is -0.463 e. The van der Waals surface area contributed by atoms with Crippen molar-refractivity contribution in [2.75, 3.05) is 37.9 Å². The van der Waals surface area contributed by atoms with Crippen molar-refractivity contribution in [1.29, 1.82) is 0 Å². The molecule has 316 valence electrons. The molecule has 2 saturated heterocycles. The number of carbonyl (C=O) groups excluding carboxylic acids is 2. The molecule has 3 fully saturated rings. The lowest BCUT2D eigenvalue weighted by molar-refractivity contribution is -0.210. The van der Waals surface area contributed by atoms with E-state index in [0.29, 0.717) is 5.39 Å². The maximum absolute atomic E-state index is 14.6. The van der Waals surface area contributed by atoms with E-state index in [2.05, 4.69) is 35.7 Å². The first kappa shape index (κ1) is 43.2. The average molecular weight is 844 g/mol. The molecule has 21 nitrogen and oxygen atoms in total. The number of halogens is 1. The number of aromatic nitrogens is 8. The molecule has 5 heterocycles. The van der Waals surface area contributed by atoms with Gasteiger partial charge in [-0.3, -0.25) is 9.46 Å². The maximum Gasteiger partial charge on any atom is 0.416 e. The van der Waals surface area contributed by atoms with Gasteiger partial charge in [-0.25, -0.2) is 14.3 Å². The smallest absolute Gasteiger partial charge is 0.416 e. The molecule has 1 amide bonds. The van der Waals surface area contributed by atoms with Gasteiger partial charge in [-0.15, -0.1) is 10.2 Å². The molecule has 1 N–H and O–H groups in total. The van der Waals surface area contributed by atoms with E-state index in [1.165, 1.54) is 15.8 Å². The SMILES string of the molecule is CCOC(=O)C(COCc1nn[nH]n1)(OC[C@H]1O[C@@H](n2ncc3c(N(C(=O)OC(C)(C)C)C4CCCC4)nc(Cl)nc32)[C@@H]2OC(C)(C)O[C@@H]21)P(=O)(OCC)OCC. The van der Waals surface area contributed by atoms with Crippen molar-refractivity contribution in [3.8, 4) is 0 Å². The van der Waals surface area contributed by atoms with Crippen LogP contribution in [0.4, 0.5) is 10.6 Å². The lowest BCUT2D eigenvalue weighted by atomic mass is 10.1. The van der Waals surface area contributed by atoms with Gasteiger partial charge in [0.25, 0.3) is 5.34 Å². The van der Waals surface area contributed by atoms with Gasteiger partial charge >= 0.3 is 19.7 Å². The molecule has 1 aliphatic carbocycles. The van der Waals surface area contributed by atoms with Gasteiger partial charge in [-0.1, -0.05) is 18.1 Å². The van der Waals surface area contributed by atoms with Crippen molar-refractivity contribution < 1.29 is 56.4 Å². The van der Waals surface area contributed by atoms with E-state index in [-0.39, 0.29) is 55.0 Å². The average Bonchev–Trinajstić information content (AvgIpc) is 3.97. The van der Waals surface area contributed by atoms with E-state index in [4.69, 9.17) is 53.8 Å². The van der Waals surface area contributed by atoms with Crippen LogP contribution in [0.15, 0.2) is 6.20 Å². The van der Waals surface area contributed by atoms with Crippen LogP contribution >= 0.6 is 19.2 Å². The fourth-order valence-corrected chi connectivity index (χ4v) is 9.23. The standard InChI is InChI=1S/C34H51ClN9O12P/c1-9-49-29(45)34(57(47,51-10-2)52-11-3,19-48-18-23-39-41-42-40-23)50-17-22-24-25(55-33(7,8)54-24)28(53-22)44-27-21(16-36-44)26(37-30(35)38-27)43(20-14-12-13-15-20)31(46)56-32(4,5)6/h16,20,22,24-25,28H,9-15,17-19H2,1-8H3,(H,39,40,41,42)/t22-,24-,25-,28-,34?/m1/s1. The number of ether oxygens (including phenoxy) is 7. The normalized spacial score (nSPS) is 23.5. The van der Waals surface area contributed by atoms with Crippen molar-refractivity contribution in [1.82, 2.24) is 40.4 Å². The fourth-order valence-electron chi connectivity index (χ4n) is 7.13. The molecule has 5 atom stereocenters. The highest BCUT2D eigenvalue weighted by Gasteiger charge is 2.63. The van der Waals surface area contributed by atoms with Crippen molar-refractivity contribution in [3.63, 3.8) is 0 Å². The Hall–Kier alpha value is -3.40. The Labute approximate surface area is 334 Å². The minimum absolute atomic E-state index is 0.0875. The summed E-state index contributed by atoms with van der Waals surface area (Å²) in [7, 11) is -4.52. The third-order valence-electron chi connectivity index (χ3n) is 9.32. The van der Waals surface area contributed by atoms with Crippen LogP contribution in [0.25, 0.3) is 11.0 Å². The van der Waals surface area contributed by atoms with Gasteiger partial charge in [0, 0.05) is 6.04 Å². The molecule has 6 rings (SSSR count). The number of nitrogens with zero attached hydrogens (tertiary/aromatic N) is 8. The van der Waals surface area contributed by atoms with Crippen LogP contribution in [-0.4, -0.2) is 127 Å². The van der Waals surface area contributed by atoms with E-state index in [0.717, 1.165) is 25.7 Å². The molecular weight excluding hydrogens is 793 g/mol. The topological polar surface area (TPSA) is 236 Å². The summed E-state index contributed by atoms with van der Waals surface area (Å²) in [6, 6.07) is -0.182. The summed E-state index contributed by atoms with van der Waals surface area (Å²) in [5.41, 5.74) is -0.516. The number of rotatable bonds is 17. The Kier molecular flexibility index (Phi) is 13.2. The van der Waals surface area contributed by atoms with E-state index >= 15 is 0 Å². The Bertz CT molecular complexity index is 1900. The lowest BCUT2D eigenvalue weighted by Gasteiger charge is -2.36. The highest BCUT2D eigenvalue weighted by Crippen LogP contribution is 2.61. The first-order valence-corrected chi connectivity index (χ1v) is 20.9. The second kappa shape index (κ2) is 17.4.